The molecule has 0 spiro atoms. The van der Waals surface area contributed by atoms with E-state index in [-0.39, 0.29) is 5.91 Å². The van der Waals surface area contributed by atoms with Gasteiger partial charge in [0.25, 0.3) is 0 Å². The minimum Gasteiger partial charge on any atom is -0.355 e. The molecule has 1 aliphatic rings. The first kappa shape index (κ1) is 17.7. The highest BCUT2D eigenvalue weighted by atomic mass is 32.2. The van der Waals surface area contributed by atoms with E-state index in [4.69, 9.17) is 0 Å². The third kappa shape index (κ3) is 5.19. The minimum atomic E-state index is 0.0409. The van der Waals surface area contributed by atoms with Crippen LogP contribution in [0, 0.1) is 0 Å². The van der Waals surface area contributed by atoms with Gasteiger partial charge in [-0.25, -0.2) is 0 Å². The second kappa shape index (κ2) is 8.85. The molecular weight excluding hydrogens is 332 g/mol. The van der Waals surface area contributed by atoms with E-state index < -0.39 is 0 Å². The number of allylic oxidation sites excluding steroid dienone is 1. The Morgan fingerprint density at radius 1 is 1.32 bits per heavy atom. The lowest BCUT2D eigenvalue weighted by Crippen LogP contribution is -2.26. The molecule has 5 nitrogen and oxygen atoms in total. The lowest BCUT2D eigenvalue weighted by molar-refractivity contribution is -0.118. The molecule has 0 unspecified atom stereocenters. The largest absolute Gasteiger partial charge is 0.355 e. The molecule has 0 saturated heterocycles. The number of aryl methyl sites for hydroxylation is 1. The van der Waals surface area contributed by atoms with Crippen molar-refractivity contribution < 1.29 is 4.79 Å². The van der Waals surface area contributed by atoms with Crippen LogP contribution in [0.5, 0.6) is 0 Å². The van der Waals surface area contributed by atoms with Crippen LogP contribution in [0.25, 0.3) is 0 Å². The SMILES string of the molecule is C=CCn1c(SCC(=O)NCCCc2ccccc2)nnc1C1CC1. The summed E-state index contributed by atoms with van der Waals surface area (Å²) >= 11 is 1.45. The first-order valence-electron chi connectivity index (χ1n) is 8.75. The summed E-state index contributed by atoms with van der Waals surface area (Å²) in [5.41, 5.74) is 1.30. The molecule has 1 saturated carbocycles. The zero-order valence-electron chi connectivity index (χ0n) is 14.4. The number of benzene rings is 1. The van der Waals surface area contributed by atoms with E-state index in [1.165, 1.54) is 30.2 Å². The number of nitrogens with one attached hydrogen (secondary N) is 1. The number of thioether (sulfide) groups is 1. The summed E-state index contributed by atoms with van der Waals surface area (Å²) in [5, 5.41) is 12.3. The molecule has 3 rings (SSSR count). The van der Waals surface area contributed by atoms with Gasteiger partial charge in [0, 0.05) is 19.0 Å². The zero-order chi connectivity index (χ0) is 17.5. The summed E-state index contributed by atoms with van der Waals surface area (Å²) in [6, 6.07) is 10.3. The van der Waals surface area contributed by atoms with Gasteiger partial charge in [0.1, 0.15) is 5.82 Å². The van der Waals surface area contributed by atoms with Crippen LogP contribution in [-0.2, 0) is 17.8 Å². The monoisotopic (exact) mass is 356 g/mol. The highest BCUT2D eigenvalue weighted by Crippen LogP contribution is 2.40. The molecule has 1 N–H and O–H groups in total. The molecule has 1 heterocycles. The lowest BCUT2D eigenvalue weighted by atomic mass is 10.1. The van der Waals surface area contributed by atoms with Crippen molar-refractivity contribution in [3.8, 4) is 0 Å². The average molecular weight is 356 g/mol. The molecule has 132 valence electrons. The molecule has 1 aromatic carbocycles. The molecule has 2 aromatic rings. The predicted octanol–water partition coefficient (Wildman–Crippen LogP) is 3.18. The smallest absolute Gasteiger partial charge is 0.230 e. The predicted molar refractivity (Wildman–Crippen MR) is 101 cm³/mol. The fraction of sp³-hybridized carbons (Fsp3) is 0.421. The van der Waals surface area contributed by atoms with Crippen molar-refractivity contribution in [2.75, 3.05) is 12.3 Å². The quantitative estimate of drug-likeness (QED) is 0.403. The van der Waals surface area contributed by atoms with Crippen LogP contribution in [0.1, 0.15) is 36.6 Å². The topological polar surface area (TPSA) is 59.8 Å². The van der Waals surface area contributed by atoms with Crippen LogP contribution in [0.2, 0.25) is 0 Å². The Kier molecular flexibility index (Phi) is 6.28. The molecule has 0 radical (unpaired) electrons. The highest BCUT2D eigenvalue weighted by Gasteiger charge is 2.30. The van der Waals surface area contributed by atoms with Crippen LogP contribution in [0.3, 0.4) is 0 Å². The zero-order valence-corrected chi connectivity index (χ0v) is 15.2. The van der Waals surface area contributed by atoms with Crippen LogP contribution >= 0.6 is 11.8 Å². The standard InChI is InChI=1S/C19H24N4OS/c1-2-13-23-18(16-10-11-16)21-22-19(23)25-14-17(24)20-12-6-9-15-7-4-3-5-8-15/h2-5,7-8,16H,1,6,9-14H2,(H,20,24). The minimum absolute atomic E-state index is 0.0409. The second-order valence-electron chi connectivity index (χ2n) is 6.24. The maximum atomic E-state index is 12.0. The Balaban J connectivity index is 1.41. The van der Waals surface area contributed by atoms with Crippen molar-refractivity contribution in [2.24, 2.45) is 0 Å². The summed E-state index contributed by atoms with van der Waals surface area (Å²) in [7, 11) is 0. The molecule has 6 heteroatoms. The number of amides is 1. The fourth-order valence-corrected chi connectivity index (χ4v) is 3.48. The Labute approximate surface area is 152 Å². The van der Waals surface area contributed by atoms with Crippen molar-refractivity contribution in [2.45, 2.75) is 43.3 Å². The number of hydrogen-bond acceptors (Lipinski definition) is 4. The maximum Gasteiger partial charge on any atom is 0.230 e. The molecule has 0 atom stereocenters. The summed E-state index contributed by atoms with van der Waals surface area (Å²) < 4.78 is 2.08. The van der Waals surface area contributed by atoms with Gasteiger partial charge in [-0.3, -0.25) is 4.79 Å². The van der Waals surface area contributed by atoms with Gasteiger partial charge < -0.3 is 9.88 Å². The van der Waals surface area contributed by atoms with Crippen LogP contribution in [0.15, 0.2) is 48.1 Å². The number of rotatable bonds is 10. The molecular formula is C19H24N4OS. The number of aromatic nitrogens is 3. The normalized spacial score (nSPS) is 13.6. The van der Waals surface area contributed by atoms with E-state index in [1.807, 2.05) is 24.3 Å². The molecule has 0 bridgehead atoms. The number of nitrogens with zero attached hydrogens (tertiary/aromatic N) is 3. The highest BCUT2D eigenvalue weighted by molar-refractivity contribution is 7.99. The fourth-order valence-electron chi connectivity index (χ4n) is 2.70. The van der Waals surface area contributed by atoms with Crippen molar-refractivity contribution in [1.82, 2.24) is 20.1 Å². The molecule has 1 fully saturated rings. The van der Waals surface area contributed by atoms with Gasteiger partial charge in [0.15, 0.2) is 5.16 Å². The van der Waals surface area contributed by atoms with Gasteiger partial charge in [0.05, 0.1) is 5.75 Å². The summed E-state index contributed by atoms with van der Waals surface area (Å²) in [5.74, 6) is 1.98. The molecule has 25 heavy (non-hydrogen) atoms. The van der Waals surface area contributed by atoms with Gasteiger partial charge in [-0.1, -0.05) is 48.2 Å². The first-order chi connectivity index (χ1) is 12.3. The van der Waals surface area contributed by atoms with Crippen molar-refractivity contribution in [3.63, 3.8) is 0 Å². The third-order valence-corrected chi connectivity index (χ3v) is 5.11. The van der Waals surface area contributed by atoms with E-state index in [9.17, 15) is 4.79 Å². The lowest BCUT2D eigenvalue weighted by Gasteiger charge is -2.07. The van der Waals surface area contributed by atoms with Crippen LogP contribution < -0.4 is 5.32 Å². The molecule has 1 amide bonds. The number of carbonyl (C=O) groups is 1. The van der Waals surface area contributed by atoms with Crippen molar-refractivity contribution in [1.29, 1.82) is 0 Å². The molecule has 0 aliphatic heterocycles. The Hall–Kier alpha value is -2.08. The molecule has 1 aliphatic carbocycles. The summed E-state index contributed by atoms with van der Waals surface area (Å²) in [6.07, 6.45) is 6.14. The van der Waals surface area contributed by atoms with Gasteiger partial charge in [-0.05, 0) is 31.2 Å². The van der Waals surface area contributed by atoms with Crippen LogP contribution in [-0.4, -0.2) is 33.0 Å². The third-order valence-electron chi connectivity index (χ3n) is 4.14. The maximum absolute atomic E-state index is 12.0. The number of hydrogen-bond donors (Lipinski definition) is 1. The van der Waals surface area contributed by atoms with Crippen molar-refractivity contribution in [3.05, 3.63) is 54.4 Å². The van der Waals surface area contributed by atoms with E-state index >= 15 is 0 Å². The van der Waals surface area contributed by atoms with E-state index in [0.717, 1.165) is 23.8 Å². The average Bonchev–Trinajstić information content (AvgIpc) is 3.40. The van der Waals surface area contributed by atoms with E-state index in [1.54, 1.807) is 0 Å². The van der Waals surface area contributed by atoms with Gasteiger partial charge >= 0.3 is 0 Å². The first-order valence-corrected chi connectivity index (χ1v) is 9.74. The summed E-state index contributed by atoms with van der Waals surface area (Å²) in [4.78, 5) is 12.0. The van der Waals surface area contributed by atoms with Gasteiger partial charge in [0.2, 0.25) is 5.91 Å². The van der Waals surface area contributed by atoms with E-state index in [2.05, 4.69) is 38.8 Å². The van der Waals surface area contributed by atoms with Crippen LogP contribution in [0.4, 0.5) is 0 Å². The van der Waals surface area contributed by atoms with E-state index in [0.29, 0.717) is 24.8 Å². The second-order valence-corrected chi connectivity index (χ2v) is 7.18. The van der Waals surface area contributed by atoms with Crippen molar-refractivity contribution >= 4 is 17.7 Å². The molecule has 1 aromatic heterocycles. The Bertz CT molecular complexity index is 709. The Morgan fingerprint density at radius 3 is 2.84 bits per heavy atom. The Morgan fingerprint density at radius 2 is 2.12 bits per heavy atom. The van der Waals surface area contributed by atoms with Gasteiger partial charge in [-0.15, -0.1) is 16.8 Å². The summed E-state index contributed by atoms with van der Waals surface area (Å²) in [6.45, 7) is 5.19. The van der Waals surface area contributed by atoms with Gasteiger partial charge in [-0.2, -0.15) is 0 Å². The number of carbonyl (C=O) groups excluding carboxylic acids is 1.